The van der Waals surface area contributed by atoms with E-state index in [1.165, 1.54) is 31.5 Å². The topological polar surface area (TPSA) is 64.0 Å². The van der Waals surface area contributed by atoms with Gasteiger partial charge >= 0.3 is 6.18 Å². The van der Waals surface area contributed by atoms with E-state index >= 15 is 0 Å². The summed E-state index contributed by atoms with van der Waals surface area (Å²) in [6, 6.07) is 9.08. The highest BCUT2D eigenvalue weighted by atomic mass is 32.2. The van der Waals surface area contributed by atoms with Crippen molar-refractivity contribution in [1.29, 1.82) is 0 Å². The minimum absolute atomic E-state index is 0.00533. The van der Waals surface area contributed by atoms with Crippen LogP contribution in [0.2, 0.25) is 0 Å². The highest BCUT2D eigenvalue weighted by Gasteiger charge is 2.46. The Morgan fingerprint density at radius 3 is 2.23 bits per heavy atom. The molecule has 0 radical (unpaired) electrons. The summed E-state index contributed by atoms with van der Waals surface area (Å²) >= 11 is 0. The number of hydrogen-bond acceptors (Lipinski definition) is 3. The molecule has 0 spiro atoms. The van der Waals surface area contributed by atoms with Crippen LogP contribution in [0.1, 0.15) is 28.6 Å². The predicted octanol–water partition coefficient (Wildman–Crippen LogP) is 4.52. The van der Waals surface area contributed by atoms with Crippen molar-refractivity contribution in [3.8, 4) is 5.69 Å². The number of aryl methyl sites for hydroxylation is 2. The van der Waals surface area contributed by atoms with Crippen molar-refractivity contribution < 1.29 is 26.0 Å². The SMILES string of the molecule is Cc1ccc(S(=O)(=O)N[C@H](c2c(C)nn(-c3ccccc3)c2C)C(F)(F)F)c(F)c1. The van der Waals surface area contributed by atoms with Gasteiger partial charge in [-0.2, -0.15) is 23.0 Å². The number of nitrogens with one attached hydrogen (secondary N) is 1. The van der Waals surface area contributed by atoms with Gasteiger partial charge in [-0.1, -0.05) is 24.3 Å². The van der Waals surface area contributed by atoms with Gasteiger partial charge in [0.15, 0.2) is 0 Å². The van der Waals surface area contributed by atoms with Crippen molar-refractivity contribution in [2.75, 3.05) is 0 Å². The first-order chi connectivity index (χ1) is 13.9. The Balaban J connectivity index is 2.10. The maximum atomic E-state index is 14.2. The van der Waals surface area contributed by atoms with Gasteiger partial charge in [-0.15, -0.1) is 0 Å². The van der Waals surface area contributed by atoms with E-state index in [-0.39, 0.29) is 17.0 Å². The van der Waals surface area contributed by atoms with E-state index in [0.717, 1.165) is 12.1 Å². The molecular formula is C20H19F4N3O2S. The third-order valence-electron chi connectivity index (χ3n) is 4.61. The Bertz CT molecular complexity index is 1170. The van der Waals surface area contributed by atoms with Crippen molar-refractivity contribution in [3.05, 3.63) is 76.9 Å². The van der Waals surface area contributed by atoms with Crippen molar-refractivity contribution in [2.45, 2.75) is 37.9 Å². The van der Waals surface area contributed by atoms with Gasteiger partial charge in [0.1, 0.15) is 16.8 Å². The zero-order chi connectivity index (χ0) is 22.3. The maximum absolute atomic E-state index is 14.2. The van der Waals surface area contributed by atoms with Gasteiger partial charge in [0.25, 0.3) is 0 Å². The molecule has 1 N–H and O–H groups in total. The summed E-state index contributed by atoms with van der Waals surface area (Å²) in [5.41, 5.74) is 0.758. The number of aromatic nitrogens is 2. The van der Waals surface area contributed by atoms with Gasteiger partial charge in [0, 0.05) is 11.3 Å². The van der Waals surface area contributed by atoms with Crippen molar-refractivity contribution in [2.24, 2.45) is 0 Å². The number of alkyl halides is 3. The third-order valence-corrected chi connectivity index (χ3v) is 6.07. The summed E-state index contributed by atoms with van der Waals surface area (Å²) in [6.45, 7) is 4.32. The van der Waals surface area contributed by atoms with E-state index in [1.807, 2.05) is 0 Å². The molecule has 0 fully saturated rings. The number of halogens is 4. The van der Waals surface area contributed by atoms with Crippen LogP contribution in [-0.4, -0.2) is 24.4 Å². The summed E-state index contributed by atoms with van der Waals surface area (Å²) in [5, 5.41) is 4.15. The van der Waals surface area contributed by atoms with Crippen LogP contribution in [0.5, 0.6) is 0 Å². The smallest absolute Gasteiger partial charge is 0.237 e. The van der Waals surface area contributed by atoms with Crippen molar-refractivity contribution >= 4 is 10.0 Å². The van der Waals surface area contributed by atoms with E-state index in [9.17, 15) is 26.0 Å². The van der Waals surface area contributed by atoms with Crippen LogP contribution >= 0.6 is 0 Å². The monoisotopic (exact) mass is 441 g/mol. The van der Waals surface area contributed by atoms with Crippen molar-refractivity contribution in [3.63, 3.8) is 0 Å². The second-order valence-corrected chi connectivity index (χ2v) is 8.54. The van der Waals surface area contributed by atoms with Crippen LogP contribution in [0.4, 0.5) is 17.6 Å². The third kappa shape index (κ3) is 4.24. The quantitative estimate of drug-likeness (QED) is 0.593. The van der Waals surface area contributed by atoms with Crippen LogP contribution < -0.4 is 4.72 Å². The van der Waals surface area contributed by atoms with Crippen LogP contribution in [0.3, 0.4) is 0 Å². The molecule has 0 aliphatic carbocycles. The molecule has 3 rings (SSSR count). The first-order valence-electron chi connectivity index (χ1n) is 8.88. The van der Waals surface area contributed by atoms with E-state index in [2.05, 4.69) is 5.10 Å². The second-order valence-electron chi connectivity index (χ2n) is 6.86. The lowest BCUT2D eigenvalue weighted by molar-refractivity contribution is -0.153. The largest absolute Gasteiger partial charge is 0.409 e. The Labute approximate surface area is 171 Å². The number of benzene rings is 2. The lowest BCUT2D eigenvalue weighted by Gasteiger charge is -2.22. The van der Waals surface area contributed by atoms with E-state index in [0.29, 0.717) is 11.3 Å². The van der Waals surface area contributed by atoms with E-state index in [4.69, 9.17) is 0 Å². The summed E-state index contributed by atoms with van der Waals surface area (Å²) in [5.74, 6) is -1.13. The fourth-order valence-electron chi connectivity index (χ4n) is 3.22. The number of para-hydroxylation sites is 1. The average molecular weight is 441 g/mol. The molecule has 0 amide bonds. The number of hydrogen-bond donors (Lipinski definition) is 1. The molecule has 30 heavy (non-hydrogen) atoms. The minimum atomic E-state index is -4.98. The molecular weight excluding hydrogens is 422 g/mol. The first kappa shape index (κ1) is 22.0. The molecule has 10 heteroatoms. The maximum Gasteiger partial charge on any atom is 0.409 e. The fraction of sp³-hybridized carbons (Fsp3) is 0.250. The Hall–Kier alpha value is -2.72. The standard InChI is InChI=1S/C20H19F4N3O2S/c1-12-9-10-17(16(21)11-12)30(28,29)26-19(20(22,23)24)18-13(2)25-27(14(18)3)15-7-5-4-6-8-15/h4-11,19,26H,1-3H3/t19-/m1/s1. The van der Waals surface area contributed by atoms with Crippen LogP contribution in [-0.2, 0) is 10.0 Å². The van der Waals surface area contributed by atoms with Crippen molar-refractivity contribution in [1.82, 2.24) is 14.5 Å². The summed E-state index contributed by atoms with van der Waals surface area (Å²) in [4.78, 5) is -0.854. The Morgan fingerprint density at radius 1 is 1.03 bits per heavy atom. The van der Waals surface area contributed by atoms with Gasteiger partial charge in [0.2, 0.25) is 10.0 Å². The lowest BCUT2D eigenvalue weighted by atomic mass is 10.1. The summed E-state index contributed by atoms with van der Waals surface area (Å²) in [6.07, 6.45) is -4.98. The molecule has 0 saturated heterocycles. The highest BCUT2D eigenvalue weighted by Crippen LogP contribution is 2.38. The normalized spacial score (nSPS) is 13.4. The molecule has 1 heterocycles. The lowest BCUT2D eigenvalue weighted by Crippen LogP contribution is -2.39. The van der Waals surface area contributed by atoms with Crippen LogP contribution in [0, 0.1) is 26.6 Å². The molecule has 0 unspecified atom stereocenters. The second kappa shape index (κ2) is 7.84. The minimum Gasteiger partial charge on any atom is -0.237 e. The molecule has 3 aromatic rings. The van der Waals surface area contributed by atoms with Gasteiger partial charge in [0.05, 0.1) is 11.4 Å². The average Bonchev–Trinajstić information content (AvgIpc) is 2.93. The molecule has 0 aliphatic heterocycles. The van der Waals surface area contributed by atoms with Gasteiger partial charge < -0.3 is 0 Å². The Morgan fingerprint density at radius 2 is 1.67 bits per heavy atom. The molecule has 1 aromatic heterocycles. The summed E-state index contributed by atoms with van der Waals surface area (Å²) in [7, 11) is -4.81. The Kier molecular flexibility index (Phi) is 5.74. The van der Waals surface area contributed by atoms with Crippen LogP contribution in [0.25, 0.3) is 5.69 Å². The number of sulfonamides is 1. The number of nitrogens with zero attached hydrogens (tertiary/aromatic N) is 2. The van der Waals surface area contributed by atoms with E-state index in [1.54, 1.807) is 35.1 Å². The molecule has 2 aromatic carbocycles. The fourth-order valence-corrected chi connectivity index (χ4v) is 4.48. The van der Waals surface area contributed by atoms with Gasteiger partial charge in [-0.05, 0) is 50.6 Å². The zero-order valence-electron chi connectivity index (χ0n) is 16.3. The predicted molar refractivity (Wildman–Crippen MR) is 103 cm³/mol. The molecule has 1 atom stereocenters. The van der Waals surface area contributed by atoms with Gasteiger partial charge in [-0.3, -0.25) is 0 Å². The molecule has 0 bridgehead atoms. The van der Waals surface area contributed by atoms with E-state index < -0.39 is 33.0 Å². The zero-order valence-corrected chi connectivity index (χ0v) is 17.1. The molecule has 0 aliphatic rings. The number of rotatable bonds is 5. The van der Waals surface area contributed by atoms with Crippen LogP contribution in [0.15, 0.2) is 53.4 Å². The molecule has 0 saturated carbocycles. The van der Waals surface area contributed by atoms with Gasteiger partial charge in [-0.25, -0.2) is 17.5 Å². The summed E-state index contributed by atoms with van der Waals surface area (Å²) < 4.78 is 84.1. The first-order valence-corrected chi connectivity index (χ1v) is 10.4. The molecule has 160 valence electrons. The molecule has 5 nitrogen and oxygen atoms in total. The highest BCUT2D eigenvalue weighted by molar-refractivity contribution is 7.89.